The van der Waals surface area contributed by atoms with Crippen LogP contribution < -0.4 is 10.1 Å². The summed E-state index contributed by atoms with van der Waals surface area (Å²) in [6, 6.07) is 5.44. The molecule has 1 aromatic carbocycles. The van der Waals surface area contributed by atoms with Gasteiger partial charge >= 0.3 is 5.97 Å². The van der Waals surface area contributed by atoms with E-state index in [2.05, 4.69) is 5.32 Å². The van der Waals surface area contributed by atoms with Gasteiger partial charge in [0.1, 0.15) is 11.2 Å². The van der Waals surface area contributed by atoms with Crippen LogP contribution in [-0.2, 0) is 16.0 Å². The predicted octanol–water partition coefficient (Wildman–Crippen LogP) is 1.81. The fourth-order valence-electron chi connectivity index (χ4n) is 2.35. The summed E-state index contributed by atoms with van der Waals surface area (Å²) in [5.41, 5.74) is 0.498. The Morgan fingerprint density at radius 1 is 1.32 bits per heavy atom. The highest BCUT2D eigenvalue weighted by molar-refractivity contribution is 6.10. The van der Waals surface area contributed by atoms with E-state index in [-0.39, 0.29) is 0 Å². The maximum Gasteiger partial charge on any atom is 0.319 e. The molecule has 0 aromatic heterocycles. The maximum absolute atomic E-state index is 12.0. The van der Waals surface area contributed by atoms with Crippen molar-refractivity contribution in [2.24, 2.45) is 5.41 Å². The number of aryl methyl sites for hydroxylation is 1. The van der Waals surface area contributed by atoms with E-state index in [9.17, 15) is 9.59 Å². The first-order valence-electron chi connectivity index (χ1n) is 6.42. The summed E-state index contributed by atoms with van der Waals surface area (Å²) in [6.07, 6.45) is 2.72. The summed E-state index contributed by atoms with van der Waals surface area (Å²) in [5, 5.41) is 11.8. The van der Waals surface area contributed by atoms with Gasteiger partial charge in [0.15, 0.2) is 0 Å². The molecule has 5 heteroatoms. The van der Waals surface area contributed by atoms with Crippen LogP contribution in [0.5, 0.6) is 5.75 Å². The fraction of sp³-hybridized carbons (Fsp3) is 0.429. The van der Waals surface area contributed by atoms with Crippen molar-refractivity contribution in [2.75, 3.05) is 11.9 Å². The lowest BCUT2D eigenvalue weighted by molar-refractivity contribution is -0.147. The lowest BCUT2D eigenvalue weighted by Crippen LogP contribution is -2.31. The van der Waals surface area contributed by atoms with Crippen LogP contribution in [0.2, 0.25) is 0 Å². The normalized spacial score (nSPS) is 18.9. The average molecular weight is 261 g/mol. The third-order valence-corrected chi connectivity index (χ3v) is 3.76. The molecule has 1 amide bonds. The number of fused-ring (bicyclic) bond motifs is 1. The standard InChI is InChI=1S/C14H15NO4/c16-12(14(5-6-14)13(17)18)15-10-3-4-11-9(8-10)2-1-7-19-11/h3-4,8H,1-2,5-7H2,(H,15,16)(H,17,18). The third-order valence-electron chi connectivity index (χ3n) is 3.76. The van der Waals surface area contributed by atoms with E-state index in [1.54, 1.807) is 6.07 Å². The molecular weight excluding hydrogens is 246 g/mol. The Morgan fingerprint density at radius 2 is 2.11 bits per heavy atom. The highest BCUT2D eigenvalue weighted by atomic mass is 16.5. The monoisotopic (exact) mass is 261 g/mol. The molecule has 0 atom stereocenters. The number of ether oxygens (including phenoxy) is 1. The van der Waals surface area contributed by atoms with Crippen LogP contribution in [0.4, 0.5) is 5.69 Å². The van der Waals surface area contributed by atoms with E-state index >= 15 is 0 Å². The van der Waals surface area contributed by atoms with E-state index in [0.717, 1.165) is 30.8 Å². The summed E-state index contributed by atoms with van der Waals surface area (Å²) in [7, 11) is 0. The molecule has 1 aliphatic carbocycles. The van der Waals surface area contributed by atoms with Crippen LogP contribution in [0, 0.1) is 5.41 Å². The average Bonchev–Trinajstić information content (AvgIpc) is 3.20. The molecule has 2 N–H and O–H groups in total. The van der Waals surface area contributed by atoms with E-state index in [1.807, 2.05) is 12.1 Å². The van der Waals surface area contributed by atoms with E-state index in [0.29, 0.717) is 18.5 Å². The smallest absolute Gasteiger partial charge is 0.319 e. The van der Waals surface area contributed by atoms with Crippen molar-refractivity contribution < 1.29 is 19.4 Å². The minimum Gasteiger partial charge on any atom is -0.493 e. The van der Waals surface area contributed by atoms with Crippen molar-refractivity contribution in [1.82, 2.24) is 0 Å². The number of carbonyl (C=O) groups excluding carboxylic acids is 1. The number of carboxylic acid groups (broad SMARTS) is 1. The van der Waals surface area contributed by atoms with E-state index in [4.69, 9.17) is 9.84 Å². The Labute approximate surface area is 110 Å². The van der Waals surface area contributed by atoms with Crippen molar-refractivity contribution in [1.29, 1.82) is 0 Å². The second-order valence-corrected chi connectivity index (χ2v) is 5.12. The van der Waals surface area contributed by atoms with Crippen LogP contribution in [0.15, 0.2) is 18.2 Å². The minimum absolute atomic E-state index is 0.419. The molecule has 1 aliphatic heterocycles. The van der Waals surface area contributed by atoms with Crippen LogP contribution in [-0.4, -0.2) is 23.6 Å². The van der Waals surface area contributed by atoms with Gasteiger partial charge in [-0.15, -0.1) is 0 Å². The molecule has 0 spiro atoms. The predicted molar refractivity (Wildman–Crippen MR) is 68.2 cm³/mol. The zero-order chi connectivity index (χ0) is 13.5. The Balaban J connectivity index is 1.77. The molecule has 100 valence electrons. The highest BCUT2D eigenvalue weighted by Crippen LogP contribution is 2.46. The second kappa shape index (κ2) is 4.26. The van der Waals surface area contributed by atoms with Gasteiger partial charge in [0, 0.05) is 5.69 Å². The van der Waals surface area contributed by atoms with Crippen LogP contribution in [0.25, 0.3) is 0 Å². The summed E-state index contributed by atoms with van der Waals surface area (Å²) in [6.45, 7) is 0.723. The lowest BCUT2D eigenvalue weighted by Gasteiger charge is -2.18. The zero-order valence-corrected chi connectivity index (χ0v) is 10.4. The molecule has 5 nitrogen and oxygen atoms in total. The third kappa shape index (κ3) is 2.05. The molecule has 3 rings (SSSR count). The summed E-state index contributed by atoms with van der Waals surface area (Å²) < 4.78 is 5.49. The van der Waals surface area contributed by atoms with Gasteiger partial charge in [-0.2, -0.15) is 0 Å². The first kappa shape index (κ1) is 12.0. The van der Waals surface area contributed by atoms with Gasteiger partial charge < -0.3 is 15.2 Å². The van der Waals surface area contributed by atoms with Crippen LogP contribution in [0.1, 0.15) is 24.8 Å². The van der Waals surface area contributed by atoms with E-state index < -0.39 is 17.3 Å². The fourth-order valence-corrected chi connectivity index (χ4v) is 2.35. The van der Waals surface area contributed by atoms with Gasteiger partial charge in [0.2, 0.25) is 5.91 Å². The Hall–Kier alpha value is -2.04. The second-order valence-electron chi connectivity index (χ2n) is 5.12. The van der Waals surface area contributed by atoms with E-state index in [1.165, 1.54) is 0 Å². The Bertz CT molecular complexity index is 548. The summed E-state index contributed by atoms with van der Waals surface area (Å²) >= 11 is 0. The van der Waals surface area contributed by atoms with Crippen molar-refractivity contribution >= 4 is 17.6 Å². The van der Waals surface area contributed by atoms with Gasteiger partial charge in [-0.25, -0.2) is 0 Å². The summed E-state index contributed by atoms with van der Waals surface area (Å²) in [5.74, 6) is -0.605. The van der Waals surface area contributed by atoms with Crippen LogP contribution in [0.3, 0.4) is 0 Å². The lowest BCUT2D eigenvalue weighted by atomic mass is 10.0. The number of rotatable bonds is 3. The van der Waals surface area contributed by atoms with Crippen molar-refractivity contribution in [3.8, 4) is 5.75 Å². The van der Waals surface area contributed by atoms with Gasteiger partial charge in [0.05, 0.1) is 6.61 Å². The first-order valence-corrected chi connectivity index (χ1v) is 6.42. The number of hydrogen-bond donors (Lipinski definition) is 2. The van der Waals surface area contributed by atoms with Crippen LogP contribution >= 0.6 is 0 Å². The first-order chi connectivity index (χ1) is 9.12. The molecule has 0 saturated heterocycles. The van der Waals surface area contributed by atoms with Crippen molar-refractivity contribution in [3.63, 3.8) is 0 Å². The molecule has 0 bridgehead atoms. The van der Waals surface area contributed by atoms with Gasteiger partial charge in [-0.1, -0.05) is 0 Å². The number of benzene rings is 1. The molecule has 2 aliphatic rings. The molecule has 1 aromatic rings. The number of carbonyl (C=O) groups is 2. The zero-order valence-electron chi connectivity index (χ0n) is 10.4. The molecule has 19 heavy (non-hydrogen) atoms. The van der Waals surface area contributed by atoms with Gasteiger partial charge in [-0.3, -0.25) is 9.59 Å². The largest absolute Gasteiger partial charge is 0.493 e. The number of amides is 1. The number of hydrogen-bond acceptors (Lipinski definition) is 3. The number of nitrogens with one attached hydrogen (secondary N) is 1. The van der Waals surface area contributed by atoms with Crippen molar-refractivity contribution in [2.45, 2.75) is 25.7 Å². The van der Waals surface area contributed by atoms with Gasteiger partial charge in [-0.05, 0) is 49.4 Å². The molecule has 1 heterocycles. The number of aliphatic carboxylic acids is 1. The minimum atomic E-state index is -1.20. The van der Waals surface area contributed by atoms with Gasteiger partial charge in [0.25, 0.3) is 0 Å². The summed E-state index contributed by atoms with van der Waals surface area (Å²) in [4.78, 5) is 23.1. The molecule has 1 fully saturated rings. The highest BCUT2D eigenvalue weighted by Gasteiger charge is 2.57. The quantitative estimate of drug-likeness (QED) is 0.814. The molecule has 1 saturated carbocycles. The molecule has 0 unspecified atom stereocenters. The number of anilines is 1. The van der Waals surface area contributed by atoms with Crippen molar-refractivity contribution in [3.05, 3.63) is 23.8 Å². The molecule has 0 radical (unpaired) electrons. The SMILES string of the molecule is O=C(O)C1(C(=O)Nc2ccc3c(c2)CCCO3)CC1. The Kier molecular flexibility index (Phi) is 2.69. The topological polar surface area (TPSA) is 75.6 Å². The maximum atomic E-state index is 12.0. The number of carboxylic acids is 1. The molecular formula is C14H15NO4. The Morgan fingerprint density at radius 3 is 2.79 bits per heavy atom.